The third-order valence-electron chi connectivity index (χ3n) is 1.76. The van der Waals surface area contributed by atoms with E-state index < -0.39 is 0 Å². The molecule has 0 spiro atoms. The second kappa shape index (κ2) is 4.80. The first kappa shape index (κ1) is 10.8. The third kappa shape index (κ3) is 4.65. The van der Waals surface area contributed by atoms with E-state index in [0.29, 0.717) is 0 Å². The highest BCUT2D eigenvalue weighted by Gasteiger charge is 2.10. The SMILES string of the molecule is CC(C)(C)NC=[NH+]Cc1ccccc1. The van der Waals surface area contributed by atoms with Crippen molar-refractivity contribution in [3.05, 3.63) is 35.9 Å². The Morgan fingerprint density at radius 1 is 1.21 bits per heavy atom. The van der Waals surface area contributed by atoms with Gasteiger partial charge >= 0.3 is 0 Å². The first-order valence-electron chi connectivity index (χ1n) is 4.95. The molecule has 0 atom stereocenters. The Morgan fingerprint density at radius 2 is 1.86 bits per heavy atom. The van der Waals surface area contributed by atoms with Crippen molar-refractivity contribution in [3.8, 4) is 0 Å². The Bertz CT molecular complexity index is 283. The van der Waals surface area contributed by atoms with Crippen LogP contribution in [-0.4, -0.2) is 11.9 Å². The molecule has 14 heavy (non-hydrogen) atoms. The van der Waals surface area contributed by atoms with Crippen LogP contribution in [0.1, 0.15) is 26.3 Å². The molecule has 0 unspecified atom stereocenters. The van der Waals surface area contributed by atoms with Crippen LogP contribution in [0.5, 0.6) is 0 Å². The van der Waals surface area contributed by atoms with Gasteiger partial charge in [0.1, 0.15) is 6.54 Å². The molecule has 76 valence electrons. The lowest BCUT2D eigenvalue weighted by molar-refractivity contribution is -0.472. The highest BCUT2D eigenvalue weighted by Crippen LogP contribution is 1.95. The van der Waals surface area contributed by atoms with Crippen molar-refractivity contribution in [2.24, 2.45) is 0 Å². The molecule has 2 N–H and O–H groups in total. The lowest BCUT2D eigenvalue weighted by Gasteiger charge is -2.11. The largest absolute Gasteiger partial charge is 0.277 e. The molecule has 1 aromatic carbocycles. The van der Waals surface area contributed by atoms with Crippen molar-refractivity contribution in [2.45, 2.75) is 32.9 Å². The lowest BCUT2D eigenvalue weighted by Crippen LogP contribution is -2.70. The second-order valence-electron chi connectivity index (χ2n) is 4.41. The van der Waals surface area contributed by atoms with Gasteiger partial charge in [-0.3, -0.25) is 10.3 Å². The van der Waals surface area contributed by atoms with E-state index in [1.165, 1.54) is 5.56 Å². The smallest absolute Gasteiger partial charge is 0.230 e. The van der Waals surface area contributed by atoms with Crippen LogP contribution in [0.2, 0.25) is 0 Å². The van der Waals surface area contributed by atoms with Gasteiger partial charge in [-0.1, -0.05) is 30.3 Å². The van der Waals surface area contributed by atoms with Gasteiger partial charge in [0, 0.05) is 0 Å². The van der Waals surface area contributed by atoms with Crippen molar-refractivity contribution in [1.82, 2.24) is 5.32 Å². The van der Waals surface area contributed by atoms with E-state index in [1.807, 2.05) is 24.5 Å². The molecule has 0 fully saturated rings. The second-order valence-corrected chi connectivity index (χ2v) is 4.41. The first-order valence-corrected chi connectivity index (χ1v) is 4.95. The number of benzene rings is 1. The minimum atomic E-state index is 0.129. The minimum absolute atomic E-state index is 0.129. The van der Waals surface area contributed by atoms with Crippen LogP contribution in [-0.2, 0) is 6.54 Å². The van der Waals surface area contributed by atoms with Gasteiger partial charge in [-0.2, -0.15) is 0 Å². The quantitative estimate of drug-likeness (QED) is 0.533. The molecule has 2 nitrogen and oxygen atoms in total. The predicted octanol–water partition coefficient (Wildman–Crippen LogP) is 0.684. The van der Waals surface area contributed by atoms with E-state index in [-0.39, 0.29) is 5.54 Å². The van der Waals surface area contributed by atoms with Crippen LogP contribution in [0.15, 0.2) is 30.3 Å². The van der Waals surface area contributed by atoms with E-state index >= 15 is 0 Å². The highest BCUT2D eigenvalue weighted by atomic mass is 15.0. The van der Waals surface area contributed by atoms with Crippen LogP contribution in [0.4, 0.5) is 0 Å². The standard InChI is InChI=1S/C12H18N2/c1-12(2,3)14-10-13-9-11-7-5-4-6-8-11/h4-8,10H,9H2,1-3H3,(H,13,14)/p+1. The monoisotopic (exact) mass is 191 g/mol. The molecule has 0 heterocycles. The van der Waals surface area contributed by atoms with E-state index in [2.05, 4.69) is 43.2 Å². The summed E-state index contributed by atoms with van der Waals surface area (Å²) >= 11 is 0. The zero-order chi connectivity index (χ0) is 10.4. The summed E-state index contributed by atoms with van der Waals surface area (Å²) in [6, 6.07) is 10.3. The molecule has 0 saturated carbocycles. The van der Waals surface area contributed by atoms with E-state index in [9.17, 15) is 0 Å². The molecule has 1 aromatic rings. The molecule has 2 heteroatoms. The first-order chi connectivity index (χ1) is 6.58. The van der Waals surface area contributed by atoms with Crippen LogP contribution in [0.3, 0.4) is 0 Å². The van der Waals surface area contributed by atoms with Gasteiger partial charge in [0.25, 0.3) is 0 Å². The van der Waals surface area contributed by atoms with Gasteiger partial charge in [0.15, 0.2) is 0 Å². The Balaban J connectivity index is 2.35. The summed E-state index contributed by atoms with van der Waals surface area (Å²) in [6.45, 7) is 7.26. The van der Waals surface area contributed by atoms with Crippen molar-refractivity contribution in [2.75, 3.05) is 0 Å². The van der Waals surface area contributed by atoms with E-state index in [4.69, 9.17) is 0 Å². The Kier molecular flexibility index (Phi) is 3.69. The van der Waals surface area contributed by atoms with Crippen LogP contribution in [0, 0.1) is 0 Å². The lowest BCUT2D eigenvalue weighted by atomic mass is 10.1. The molecular formula is C12H19N2+. The molecule has 0 saturated heterocycles. The van der Waals surface area contributed by atoms with Gasteiger partial charge in [-0.15, -0.1) is 0 Å². The average molecular weight is 191 g/mol. The van der Waals surface area contributed by atoms with Gasteiger partial charge in [-0.05, 0) is 26.3 Å². The number of rotatable bonds is 3. The van der Waals surface area contributed by atoms with Gasteiger partial charge < -0.3 is 0 Å². The fraction of sp³-hybridized carbons (Fsp3) is 0.417. The molecule has 0 aliphatic rings. The molecule has 0 aromatic heterocycles. The topological polar surface area (TPSA) is 26.0 Å². The van der Waals surface area contributed by atoms with Crippen molar-refractivity contribution >= 4 is 6.34 Å². The van der Waals surface area contributed by atoms with Gasteiger partial charge in [0.2, 0.25) is 6.34 Å². The van der Waals surface area contributed by atoms with Crippen LogP contribution >= 0.6 is 0 Å². The molecule has 0 bridgehead atoms. The van der Waals surface area contributed by atoms with Crippen LogP contribution in [0.25, 0.3) is 0 Å². The predicted molar refractivity (Wildman–Crippen MR) is 60.1 cm³/mol. The highest BCUT2D eigenvalue weighted by molar-refractivity contribution is 5.48. The zero-order valence-corrected chi connectivity index (χ0v) is 9.17. The summed E-state index contributed by atoms with van der Waals surface area (Å²) in [5, 5.41) is 3.26. The normalized spacial score (nSPS) is 11.9. The maximum absolute atomic E-state index is 3.26. The van der Waals surface area contributed by atoms with Crippen LogP contribution < -0.4 is 10.3 Å². The van der Waals surface area contributed by atoms with Gasteiger partial charge in [-0.25, -0.2) is 0 Å². The number of nitrogens with one attached hydrogen (secondary N) is 2. The van der Waals surface area contributed by atoms with E-state index in [1.54, 1.807) is 0 Å². The van der Waals surface area contributed by atoms with Crippen molar-refractivity contribution in [3.63, 3.8) is 0 Å². The maximum atomic E-state index is 3.26. The third-order valence-corrected chi connectivity index (χ3v) is 1.76. The maximum Gasteiger partial charge on any atom is 0.230 e. The average Bonchev–Trinajstić information content (AvgIpc) is 2.13. The molecule has 0 radical (unpaired) electrons. The number of hydrogen-bond donors (Lipinski definition) is 2. The van der Waals surface area contributed by atoms with Crippen molar-refractivity contribution < 1.29 is 4.99 Å². The molecule has 0 amide bonds. The Morgan fingerprint density at radius 3 is 2.43 bits per heavy atom. The van der Waals surface area contributed by atoms with Gasteiger partial charge in [0.05, 0.1) is 5.54 Å². The molecule has 0 aliphatic carbocycles. The van der Waals surface area contributed by atoms with E-state index in [0.717, 1.165) is 6.54 Å². The molecule has 0 aliphatic heterocycles. The zero-order valence-electron chi connectivity index (χ0n) is 9.17. The Hall–Kier alpha value is -1.31. The minimum Gasteiger partial charge on any atom is -0.277 e. The summed E-state index contributed by atoms with van der Waals surface area (Å²) in [4.78, 5) is 3.22. The molecule has 1 rings (SSSR count). The summed E-state index contributed by atoms with van der Waals surface area (Å²) in [5.41, 5.74) is 1.42. The summed E-state index contributed by atoms with van der Waals surface area (Å²) in [5.74, 6) is 0. The summed E-state index contributed by atoms with van der Waals surface area (Å²) < 4.78 is 0. The summed E-state index contributed by atoms with van der Waals surface area (Å²) in [6.07, 6.45) is 1.91. The fourth-order valence-electron chi connectivity index (χ4n) is 1.03. The van der Waals surface area contributed by atoms with Crippen molar-refractivity contribution in [1.29, 1.82) is 0 Å². The fourth-order valence-corrected chi connectivity index (χ4v) is 1.03. The molecular weight excluding hydrogens is 172 g/mol. The Labute approximate surface area is 86.1 Å². The number of hydrogen-bond acceptors (Lipinski definition) is 0. The summed E-state index contributed by atoms with van der Waals surface area (Å²) in [7, 11) is 0.